The van der Waals surface area contributed by atoms with E-state index >= 15 is 0 Å². The molecule has 5 nitrogen and oxygen atoms in total. The monoisotopic (exact) mass is 240 g/mol. The summed E-state index contributed by atoms with van der Waals surface area (Å²) in [7, 11) is 0. The standard InChI is InChI=1S/C7H5BrN4O/c8-5-2-1-3-6(10-5)12-4-9-11-7(12)13/h1-4H,(H,11,13). The third-order valence-corrected chi connectivity index (χ3v) is 1.94. The topological polar surface area (TPSA) is 63.6 Å². The minimum Gasteiger partial charge on any atom is -0.246 e. The van der Waals surface area contributed by atoms with E-state index in [1.165, 1.54) is 10.9 Å². The Bertz CT molecular complexity index is 475. The van der Waals surface area contributed by atoms with Gasteiger partial charge in [0.05, 0.1) is 0 Å². The molecule has 0 aliphatic heterocycles. The third kappa shape index (κ3) is 1.52. The molecule has 0 aliphatic carbocycles. The van der Waals surface area contributed by atoms with Gasteiger partial charge in [-0.15, -0.1) is 0 Å². The average molecular weight is 241 g/mol. The van der Waals surface area contributed by atoms with E-state index in [-0.39, 0.29) is 5.69 Å². The second kappa shape index (κ2) is 3.14. The predicted molar refractivity (Wildman–Crippen MR) is 49.7 cm³/mol. The largest absolute Gasteiger partial charge is 0.348 e. The lowest BCUT2D eigenvalue weighted by Crippen LogP contribution is -2.15. The van der Waals surface area contributed by atoms with Crippen LogP contribution in [0.4, 0.5) is 0 Å². The molecule has 2 aromatic heterocycles. The first kappa shape index (κ1) is 8.18. The van der Waals surface area contributed by atoms with Crippen LogP contribution in [0.3, 0.4) is 0 Å². The highest BCUT2D eigenvalue weighted by Crippen LogP contribution is 2.07. The van der Waals surface area contributed by atoms with Gasteiger partial charge < -0.3 is 0 Å². The van der Waals surface area contributed by atoms with Crippen LogP contribution in [0.2, 0.25) is 0 Å². The zero-order valence-corrected chi connectivity index (χ0v) is 8.02. The molecule has 0 aromatic carbocycles. The summed E-state index contributed by atoms with van der Waals surface area (Å²) in [5.74, 6) is 0.535. The van der Waals surface area contributed by atoms with Crippen LogP contribution in [0.15, 0.2) is 33.9 Å². The molecule has 0 spiro atoms. The fourth-order valence-corrected chi connectivity index (χ4v) is 1.28. The smallest absolute Gasteiger partial charge is 0.246 e. The maximum absolute atomic E-state index is 11.1. The maximum atomic E-state index is 11.1. The molecular formula is C7H5BrN4O. The van der Waals surface area contributed by atoms with Gasteiger partial charge in [0.25, 0.3) is 0 Å². The number of nitrogens with one attached hydrogen (secondary N) is 1. The van der Waals surface area contributed by atoms with Crippen molar-refractivity contribution in [2.24, 2.45) is 0 Å². The molecule has 0 radical (unpaired) electrons. The van der Waals surface area contributed by atoms with E-state index in [9.17, 15) is 4.79 Å². The highest BCUT2D eigenvalue weighted by atomic mass is 79.9. The molecule has 66 valence electrons. The van der Waals surface area contributed by atoms with Gasteiger partial charge in [0.1, 0.15) is 16.7 Å². The van der Waals surface area contributed by atoms with Crippen molar-refractivity contribution in [3.8, 4) is 5.82 Å². The van der Waals surface area contributed by atoms with Gasteiger partial charge in [0.15, 0.2) is 0 Å². The Morgan fingerprint density at radius 2 is 2.31 bits per heavy atom. The van der Waals surface area contributed by atoms with Crippen molar-refractivity contribution in [2.45, 2.75) is 0 Å². The first-order valence-electron chi connectivity index (χ1n) is 3.52. The predicted octanol–water partition coefficient (Wildman–Crippen LogP) is 0.718. The minimum absolute atomic E-state index is 0.300. The van der Waals surface area contributed by atoms with E-state index in [1.807, 2.05) is 0 Å². The number of aromatic amines is 1. The van der Waals surface area contributed by atoms with Crippen molar-refractivity contribution in [3.05, 3.63) is 39.6 Å². The van der Waals surface area contributed by atoms with Crippen LogP contribution in [0, 0.1) is 0 Å². The minimum atomic E-state index is -0.300. The molecule has 0 fully saturated rings. The first-order chi connectivity index (χ1) is 6.27. The molecule has 6 heteroatoms. The van der Waals surface area contributed by atoms with Crippen molar-refractivity contribution in [3.63, 3.8) is 0 Å². The Kier molecular flexibility index (Phi) is 1.97. The SMILES string of the molecule is O=c1[nH]ncn1-c1cccc(Br)n1. The van der Waals surface area contributed by atoms with Crippen LogP contribution in [0.25, 0.3) is 5.82 Å². The normalized spacial score (nSPS) is 10.2. The third-order valence-electron chi connectivity index (χ3n) is 1.50. The van der Waals surface area contributed by atoms with E-state index in [0.717, 1.165) is 0 Å². The van der Waals surface area contributed by atoms with Crippen molar-refractivity contribution >= 4 is 15.9 Å². The molecule has 0 saturated heterocycles. The summed E-state index contributed by atoms with van der Waals surface area (Å²) in [6, 6.07) is 5.31. The van der Waals surface area contributed by atoms with Crippen molar-refractivity contribution in [2.75, 3.05) is 0 Å². The number of pyridine rings is 1. The van der Waals surface area contributed by atoms with E-state index < -0.39 is 0 Å². The van der Waals surface area contributed by atoms with Crippen LogP contribution in [-0.2, 0) is 0 Å². The number of nitrogens with zero attached hydrogens (tertiary/aromatic N) is 3. The van der Waals surface area contributed by atoms with Gasteiger partial charge in [-0.1, -0.05) is 6.07 Å². The number of aromatic nitrogens is 4. The lowest BCUT2D eigenvalue weighted by Gasteiger charge is -1.97. The van der Waals surface area contributed by atoms with Crippen molar-refractivity contribution in [1.29, 1.82) is 0 Å². The zero-order valence-electron chi connectivity index (χ0n) is 6.44. The molecule has 0 aliphatic rings. The average Bonchev–Trinajstić information content (AvgIpc) is 2.51. The summed E-state index contributed by atoms with van der Waals surface area (Å²) in [6.07, 6.45) is 1.39. The van der Waals surface area contributed by atoms with Gasteiger partial charge in [-0.25, -0.2) is 19.4 Å². The van der Waals surface area contributed by atoms with Gasteiger partial charge in [0.2, 0.25) is 0 Å². The summed E-state index contributed by atoms with van der Waals surface area (Å²) in [6.45, 7) is 0. The van der Waals surface area contributed by atoms with Crippen LogP contribution in [-0.4, -0.2) is 19.7 Å². The number of H-pyrrole nitrogens is 1. The Morgan fingerprint density at radius 1 is 1.46 bits per heavy atom. The molecule has 0 bridgehead atoms. The molecule has 2 heterocycles. The Balaban J connectivity index is 2.59. The number of rotatable bonds is 1. The van der Waals surface area contributed by atoms with E-state index in [4.69, 9.17) is 0 Å². The Labute approximate surface area is 81.6 Å². The second-order valence-corrected chi connectivity index (χ2v) is 3.16. The zero-order chi connectivity index (χ0) is 9.26. The highest BCUT2D eigenvalue weighted by molar-refractivity contribution is 9.10. The quantitative estimate of drug-likeness (QED) is 0.748. The van der Waals surface area contributed by atoms with Gasteiger partial charge in [-0.3, -0.25) is 0 Å². The van der Waals surface area contributed by atoms with Crippen molar-refractivity contribution < 1.29 is 0 Å². The molecule has 2 aromatic rings. The van der Waals surface area contributed by atoms with E-state index in [0.29, 0.717) is 10.4 Å². The molecule has 0 unspecified atom stereocenters. The first-order valence-corrected chi connectivity index (χ1v) is 4.31. The maximum Gasteiger partial charge on any atom is 0.348 e. The van der Waals surface area contributed by atoms with Crippen LogP contribution in [0.5, 0.6) is 0 Å². The summed E-state index contributed by atoms with van der Waals surface area (Å²) in [5, 5.41) is 5.89. The Hall–Kier alpha value is -1.43. The summed E-state index contributed by atoms with van der Waals surface area (Å²) in [5.41, 5.74) is -0.300. The molecule has 0 amide bonds. The highest BCUT2D eigenvalue weighted by Gasteiger charge is 2.01. The van der Waals surface area contributed by atoms with Gasteiger partial charge >= 0.3 is 5.69 Å². The number of hydrogen-bond donors (Lipinski definition) is 1. The lowest BCUT2D eigenvalue weighted by atomic mass is 10.5. The fraction of sp³-hybridized carbons (Fsp3) is 0. The van der Waals surface area contributed by atoms with Crippen LogP contribution in [0.1, 0.15) is 0 Å². The van der Waals surface area contributed by atoms with Gasteiger partial charge in [0, 0.05) is 0 Å². The van der Waals surface area contributed by atoms with Crippen LogP contribution >= 0.6 is 15.9 Å². The molecule has 2 rings (SSSR count). The molecule has 13 heavy (non-hydrogen) atoms. The van der Waals surface area contributed by atoms with Crippen molar-refractivity contribution in [1.82, 2.24) is 19.7 Å². The second-order valence-electron chi connectivity index (χ2n) is 2.35. The summed E-state index contributed by atoms with van der Waals surface area (Å²) < 4.78 is 2.00. The summed E-state index contributed by atoms with van der Waals surface area (Å²) in [4.78, 5) is 15.2. The fourth-order valence-electron chi connectivity index (χ4n) is 0.943. The number of hydrogen-bond acceptors (Lipinski definition) is 3. The van der Waals surface area contributed by atoms with E-state index in [1.54, 1.807) is 18.2 Å². The molecular weight excluding hydrogens is 236 g/mol. The molecule has 0 atom stereocenters. The van der Waals surface area contributed by atoms with Gasteiger partial charge in [-0.05, 0) is 28.1 Å². The lowest BCUT2D eigenvalue weighted by molar-refractivity contribution is 0.934. The molecule has 0 saturated carbocycles. The van der Waals surface area contributed by atoms with Gasteiger partial charge in [-0.2, -0.15) is 5.10 Å². The number of halogens is 1. The van der Waals surface area contributed by atoms with E-state index in [2.05, 4.69) is 31.1 Å². The Morgan fingerprint density at radius 3 is 2.92 bits per heavy atom. The summed E-state index contributed by atoms with van der Waals surface area (Å²) >= 11 is 3.22. The van der Waals surface area contributed by atoms with Crippen LogP contribution < -0.4 is 5.69 Å². The molecule has 1 N–H and O–H groups in total.